The lowest BCUT2D eigenvalue weighted by Gasteiger charge is -2.36. The van der Waals surface area contributed by atoms with Crippen LogP contribution in [0.4, 0.5) is 0 Å². The largest absolute Gasteiger partial charge is 0.493 e. The van der Waals surface area contributed by atoms with E-state index in [1.165, 1.54) is 5.56 Å². The number of halogens is 1. The van der Waals surface area contributed by atoms with E-state index in [1.54, 1.807) is 21.3 Å². The summed E-state index contributed by atoms with van der Waals surface area (Å²) >= 11 is 0. The van der Waals surface area contributed by atoms with E-state index in [9.17, 15) is 0 Å². The highest BCUT2D eigenvalue weighted by molar-refractivity contribution is 14.0. The molecule has 0 bridgehead atoms. The maximum absolute atomic E-state index is 5.56. The fraction of sp³-hybridized carbons (Fsp3) is 0.682. The third-order valence-electron chi connectivity index (χ3n) is 5.86. The highest BCUT2D eigenvalue weighted by Gasteiger charge is 2.25. The van der Waals surface area contributed by atoms with Crippen LogP contribution in [0, 0.1) is 0 Å². The molecule has 2 N–H and O–H groups in total. The van der Waals surface area contributed by atoms with E-state index < -0.39 is 0 Å². The SMILES string of the molecule is CN=C(NCC(c1ccc(OC)c(OC)c1)N1CCOCC1)NCC(C)(C)N(C)C.I. The summed E-state index contributed by atoms with van der Waals surface area (Å²) in [5.74, 6) is 2.27. The molecule has 9 heteroatoms. The van der Waals surface area contributed by atoms with Crippen LogP contribution in [-0.2, 0) is 4.74 Å². The summed E-state index contributed by atoms with van der Waals surface area (Å²) in [6.07, 6.45) is 0. The summed E-state index contributed by atoms with van der Waals surface area (Å²) in [5.41, 5.74) is 1.19. The first-order valence-corrected chi connectivity index (χ1v) is 10.5. The number of ether oxygens (including phenoxy) is 3. The van der Waals surface area contributed by atoms with Crippen LogP contribution in [0.1, 0.15) is 25.5 Å². The lowest BCUT2D eigenvalue weighted by Crippen LogP contribution is -2.52. The van der Waals surface area contributed by atoms with E-state index >= 15 is 0 Å². The molecule has 31 heavy (non-hydrogen) atoms. The number of hydrogen-bond donors (Lipinski definition) is 2. The molecule has 1 saturated heterocycles. The van der Waals surface area contributed by atoms with Crippen LogP contribution in [0.15, 0.2) is 23.2 Å². The summed E-state index contributed by atoms with van der Waals surface area (Å²) in [6, 6.07) is 6.29. The predicted octanol–water partition coefficient (Wildman–Crippen LogP) is 2.20. The van der Waals surface area contributed by atoms with Crippen LogP contribution in [-0.4, -0.2) is 96.1 Å². The van der Waals surface area contributed by atoms with Gasteiger partial charge in [-0.05, 0) is 45.6 Å². The predicted molar refractivity (Wildman–Crippen MR) is 137 cm³/mol. The molecule has 178 valence electrons. The minimum atomic E-state index is 0. The Morgan fingerprint density at radius 1 is 1.16 bits per heavy atom. The van der Waals surface area contributed by atoms with E-state index in [0.717, 1.165) is 56.9 Å². The highest BCUT2D eigenvalue weighted by atomic mass is 127. The zero-order chi connectivity index (χ0) is 22.1. The van der Waals surface area contributed by atoms with E-state index in [1.807, 2.05) is 6.07 Å². The number of hydrogen-bond acceptors (Lipinski definition) is 6. The second kappa shape index (κ2) is 13.3. The normalized spacial score (nSPS) is 16.5. The van der Waals surface area contributed by atoms with Gasteiger partial charge in [0.05, 0.1) is 33.5 Å². The third kappa shape index (κ3) is 7.96. The minimum absolute atomic E-state index is 0. The van der Waals surface area contributed by atoms with Gasteiger partial charge in [0.1, 0.15) is 0 Å². The number of methoxy groups -OCH3 is 2. The van der Waals surface area contributed by atoms with Gasteiger partial charge in [-0.25, -0.2) is 0 Å². The molecule has 8 nitrogen and oxygen atoms in total. The zero-order valence-corrected chi connectivity index (χ0v) is 22.4. The van der Waals surface area contributed by atoms with Gasteiger partial charge in [0.2, 0.25) is 0 Å². The summed E-state index contributed by atoms with van der Waals surface area (Å²) in [6.45, 7) is 9.18. The van der Waals surface area contributed by atoms with Crippen molar-refractivity contribution in [3.63, 3.8) is 0 Å². The quantitative estimate of drug-likeness (QED) is 0.278. The molecule has 1 atom stereocenters. The average molecular weight is 549 g/mol. The molecule has 0 spiro atoms. The van der Waals surface area contributed by atoms with Crippen LogP contribution >= 0.6 is 24.0 Å². The van der Waals surface area contributed by atoms with Gasteiger partial charge >= 0.3 is 0 Å². The molecule has 1 unspecified atom stereocenters. The Morgan fingerprint density at radius 2 is 1.81 bits per heavy atom. The van der Waals surface area contributed by atoms with E-state index in [2.05, 4.69) is 65.5 Å². The lowest BCUT2D eigenvalue weighted by molar-refractivity contribution is 0.0169. The monoisotopic (exact) mass is 549 g/mol. The van der Waals surface area contributed by atoms with Crippen LogP contribution in [0.2, 0.25) is 0 Å². The third-order valence-corrected chi connectivity index (χ3v) is 5.86. The Balaban J connectivity index is 0.00000480. The van der Waals surface area contributed by atoms with Crippen molar-refractivity contribution in [1.29, 1.82) is 0 Å². The van der Waals surface area contributed by atoms with Crippen molar-refractivity contribution >= 4 is 29.9 Å². The van der Waals surface area contributed by atoms with Crippen LogP contribution < -0.4 is 20.1 Å². The molecule has 0 amide bonds. The molecule has 1 aliphatic rings. The van der Waals surface area contributed by atoms with Crippen molar-refractivity contribution in [2.24, 2.45) is 4.99 Å². The van der Waals surface area contributed by atoms with Gasteiger partial charge in [-0.1, -0.05) is 6.07 Å². The Kier molecular flexibility index (Phi) is 11.9. The number of guanidine groups is 1. The molecular formula is C22H40IN5O3. The molecule has 0 saturated carbocycles. The molecular weight excluding hydrogens is 509 g/mol. The highest BCUT2D eigenvalue weighted by Crippen LogP contribution is 2.32. The Labute approximate surface area is 204 Å². The Morgan fingerprint density at radius 3 is 2.35 bits per heavy atom. The number of aliphatic imine (C=N–C) groups is 1. The first kappa shape index (κ1) is 27.7. The first-order chi connectivity index (χ1) is 14.3. The molecule has 0 aromatic heterocycles. The molecule has 1 fully saturated rings. The summed E-state index contributed by atoms with van der Waals surface area (Å²) < 4.78 is 16.5. The van der Waals surface area contributed by atoms with Crippen molar-refractivity contribution < 1.29 is 14.2 Å². The van der Waals surface area contributed by atoms with Crippen molar-refractivity contribution in [3.8, 4) is 11.5 Å². The van der Waals surface area contributed by atoms with Gasteiger partial charge in [0, 0.05) is 38.8 Å². The smallest absolute Gasteiger partial charge is 0.191 e. The lowest BCUT2D eigenvalue weighted by atomic mass is 10.0. The van der Waals surface area contributed by atoms with Crippen molar-refractivity contribution in [3.05, 3.63) is 23.8 Å². The van der Waals surface area contributed by atoms with Crippen molar-refractivity contribution in [2.75, 3.05) is 74.8 Å². The van der Waals surface area contributed by atoms with Gasteiger partial charge in [-0.3, -0.25) is 9.89 Å². The average Bonchev–Trinajstić information content (AvgIpc) is 2.76. The summed E-state index contributed by atoms with van der Waals surface area (Å²) in [4.78, 5) is 9.05. The molecule has 1 aromatic rings. The zero-order valence-electron chi connectivity index (χ0n) is 20.0. The summed E-state index contributed by atoms with van der Waals surface area (Å²) in [7, 11) is 9.30. The fourth-order valence-electron chi connectivity index (χ4n) is 3.28. The van der Waals surface area contributed by atoms with Gasteiger partial charge < -0.3 is 29.7 Å². The van der Waals surface area contributed by atoms with Crippen LogP contribution in [0.3, 0.4) is 0 Å². The van der Waals surface area contributed by atoms with E-state index in [4.69, 9.17) is 14.2 Å². The minimum Gasteiger partial charge on any atom is -0.493 e. The fourth-order valence-corrected chi connectivity index (χ4v) is 3.28. The van der Waals surface area contributed by atoms with Crippen LogP contribution in [0.25, 0.3) is 0 Å². The number of nitrogens with one attached hydrogen (secondary N) is 2. The number of nitrogens with zero attached hydrogens (tertiary/aromatic N) is 3. The maximum atomic E-state index is 5.56. The summed E-state index contributed by atoms with van der Waals surface area (Å²) in [5, 5.41) is 6.96. The van der Waals surface area contributed by atoms with E-state index in [-0.39, 0.29) is 35.6 Å². The number of likely N-dealkylation sites (N-methyl/N-ethyl adjacent to an activating group) is 1. The Hall–Kier alpha value is -1.30. The van der Waals surface area contributed by atoms with Crippen LogP contribution in [0.5, 0.6) is 11.5 Å². The van der Waals surface area contributed by atoms with Gasteiger partial charge in [0.25, 0.3) is 0 Å². The van der Waals surface area contributed by atoms with Crippen molar-refractivity contribution in [2.45, 2.75) is 25.4 Å². The first-order valence-electron chi connectivity index (χ1n) is 10.5. The number of morpholine rings is 1. The maximum Gasteiger partial charge on any atom is 0.191 e. The molecule has 1 aliphatic heterocycles. The van der Waals surface area contributed by atoms with Gasteiger partial charge in [-0.15, -0.1) is 24.0 Å². The van der Waals surface area contributed by atoms with Crippen molar-refractivity contribution in [1.82, 2.24) is 20.4 Å². The topological polar surface area (TPSA) is 70.6 Å². The second-order valence-corrected chi connectivity index (χ2v) is 8.29. The molecule has 2 rings (SSSR count). The van der Waals surface area contributed by atoms with Gasteiger partial charge in [-0.2, -0.15) is 0 Å². The molecule has 0 aliphatic carbocycles. The van der Waals surface area contributed by atoms with E-state index in [0.29, 0.717) is 0 Å². The molecule has 0 radical (unpaired) electrons. The number of benzene rings is 1. The Bertz CT molecular complexity index is 694. The second-order valence-electron chi connectivity index (χ2n) is 8.29. The van der Waals surface area contributed by atoms with Gasteiger partial charge in [0.15, 0.2) is 17.5 Å². The number of rotatable bonds is 9. The molecule has 1 heterocycles. The standard InChI is InChI=1S/C22H39N5O3.HI/c1-22(2,26(4)5)16-25-21(23-3)24-15-18(27-10-12-30-13-11-27)17-8-9-19(28-6)20(14-17)29-7;/h8-9,14,18H,10-13,15-16H2,1-7H3,(H2,23,24,25);1H. The molecule has 1 aromatic carbocycles.